The van der Waals surface area contributed by atoms with Crippen molar-refractivity contribution in [2.24, 2.45) is 7.05 Å². The minimum atomic E-state index is 0.289. The molecular weight excluding hydrogens is 212 g/mol. The summed E-state index contributed by atoms with van der Waals surface area (Å²) in [5.41, 5.74) is 2.44. The lowest BCUT2D eigenvalue weighted by atomic mass is 10.0. The van der Waals surface area contributed by atoms with E-state index in [4.69, 9.17) is 0 Å². The Balaban J connectivity index is 2.16. The molecule has 1 atom stereocenters. The lowest BCUT2D eigenvalue weighted by Crippen LogP contribution is -2.25. The van der Waals surface area contributed by atoms with Gasteiger partial charge in [0.15, 0.2) is 0 Å². The summed E-state index contributed by atoms with van der Waals surface area (Å²) >= 11 is 0. The monoisotopic (exact) mass is 230 g/mol. The molecule has 0 bridgehead atoms. The van der Waals surface area contributed by atoms with Crippen LogP contribution in [0.3, 0.4) is 0 Å². The third kappa shape index (κ3) is 2.91. The summed E-state index contributed by atoms with van der Waals surface area (Å²) in [5.74, 6) is 0. The van der Waals surface area contributed by atoms with Crippen molar-refractivity contribution < 1.29 is 0 Å². The van der Waals surface area contributed by atoms with Gasteiger partial charge in [-0.2, -0.15) is 5.10 Å². The summed E-state index contributed by atoms with van der Waals surface area (Å²) in [6, 6.07) is 6.43. The van der Waals surface area contributed by atoms with Crippen LogP contribution in [0.15, 0.2) is 36.8 Å². The highest BCUT2D eigenvalue weighted by Gasteiger charge is 2.14. The molecule has 0 fully saturated rings. The average Bonchev–Trinajstić information content (AvgIpc) is 2.76. The number of pyridine rings is 1. The number of likely N-dealkylation sites (N-methyl/N-ethyl adjacent to an activating group) is 1. The minimum Gasteiger partial charge on any atom is -0.309 e. The highest BCUT2D eigenvalue weighted by atomic mass is 15.3. The molecular formula is C13H18N4. The summed E-state index contributed by atoms with van der Waals surface area (Å²) in [5, 5.41) is 7.71. The Hall–Kier alpha value is -1.68. The third-order valence-corrected chi connectivity index (χ3v) is 2.83. The minimum absolute atomic E-state index is 0.289. The van der Waals surface area contributed by atoms with Crippen LogP contribution >= 0.6 is 0 Å². The van der Waals surface area contributed by atoms with Crippen LogP contribution in [0, 0.1) is 0 Å². The zero-order valence-electron chi connectivity index (χ0n) is 10.3. The Morgan fingerprint density at radius 3 is 2.82 bits per heavy atom. The normalized spacial score (nSPS) is 12.6. The zero-order chi connectivity index (χ0) is 12.1. The van der Waals surface area contributed by atoms with Gasteiger partial charge in [-0.3, -0.25) is 9.67 Å². The van der Waals surface area contributed by atoms with Gasteiger partial charge in [-0.15, -0.1) is 0 Å². The Labute approximate surface area is 102 Å². The van der Waals surface area contributed by atoms with Crippen molar-refractivity contribution in [1.29, 1.82) is 0 Å². The molecule has 2 aromatic rings. The molecule has 2 aromatic heterocycles. The Morgan fingerprint density at radius 1 is 1.35 bits per heavy atom. The number of nitrogens with zero attached hydrogens (tertiary/aromatic N) is 3. The first-order valence-electron chi connectivity index (χ1n) is 5.91. The van der Waals surface area contributed by atoms with Gasteiger partial charge in [0.1, 0.15) is 0 Å². The Bertz CT molecular complexity index is 449. The smallest absolute Gasteiger partial charge is 0.0553 e. The summed E-state index contributed by atoms with van der Waals surface area (Å²) in [6.45, 7) is 3.06. The van der Waals surface area contributed by atoms with Crippen molar-refractivity contribution in [3.63, 3.8) is 0 Å². The van der Waals surface area contributed by atoms with Crippen LogP contribution < -0.4 is 5.32 Å². The molecule has 0 saturated carbocycles. The van der Waals surface area contributed by atoms with Crippen molar-refractivity contribution in [3.05, 3.63) is 48.0 Å². The fraction of sp³-hybridized carbons (Fsp3) is 0.385. The van der Waals surface area contributed by atoms with Crippen LogP contribution in [0.1, 0.15) is 24.2 Å². The first-order valence-corrected chi connectivity index (χ1v) is 5.91. The third-order valence-electron chi connectivity index (χ3n) is 2.83. The molecule has 1 unspecified atom stereocenters. The van der Waals surface area contributed by atoms with Crippen LogP contribution in [0.5, 0.6) is 0 Å². The molecule has 0 aliphatic rings. The number of hydrogen-bond acceptors (Lipinski definition) is 3. The first-order chi connectivity index (χ1) is 8.31. The van der Waals surface area contributed by atoms with E-state index in [2.05, 4.69) is 34.5 Å². The van der Waals surface area contributed by atoms with Gasteiger partial charge < -0.3 is 5.32 Å². The molecule has 0 spiro atoms. The summed E-state index contributed by atoms with van der Waals surface area (Å²) in [4.78, 5) is 4.15. The lowest BCUT2D eigenvalue weighted by Gasteiger charge is -2.18. The average molecular weight is 230 g/mol. The molecule has 0 radical (unpaired) electrons. The van der Waals surface area contributed by atoms with Crippen molar-refractivity contribution in [2.75, 3.05) is 6.54 Å². The van der Waals surface area contributed by atoms with Gasteiger partial charge in [-0.1, -0.05) is 13.0 Å². The summed E-state index contributed by atoms with van der Waals surface area (Å²) in [6.07, 6.45) is 6.49. The van der Waals surface area contributed by atoms with Crippen LogP contribution in [0.25, 0.3) is 0 Å². The van der Waals surface area contributed by atoms with E-state index in [0.29, 0.717) is 0 Å². The summed E-state index contributed by atoms with van der Waals surface area (Å²) in [7, 11) is 1.98. The first kappa shape index (κ1) is 11.8. The molecule has 4 heteroatoms. The predicted molar refractivity (Wildman–Crippen MR) is 67.6 cm³/mol. The molecule has 2 heterocycles. The highest BCUT2D eigenvalue weighted by molar-refractivity contribution is 5.15. The van der Waals surface area contributed by atoms with Crippen molar-refractivity contribution in [1.82, 2.24) is 20.1 Å². The van der Waals surface area contributed by atoms with E-state index < -0.39 is 0 Å². The van der Waals surface area contributed by atoms with E-state index in [9.17, 15) is 0 Å². The Kier molecular flexibility index (Phi) is 3.88. The maximum absolute atomic E-state index is 4.22. The molecule has 0 amide bonds. The van der Waals surface area contributed by atoms with E-state index >= 15 is 0 Å². The van der Waals surface area contributed by atoms with E-state index in [0.717, 1.165) is 13.0 Å². The van der Waals surface area contributed by atoms with Crippen molar-refractivity contribution in [3.8, 4) is 0 Å². The lowest BCUT2D eigenvalue weighted by molar-refractivity contribution is 0.507. The largest absolute Gasteiger partial charge is 0.309 e. The number of aryl methyl sites for hydroxylation is 1. The number of hydrogen-bond donors (Lipinski definition) is 1. The topological polar surface area (TPSA) is 42.7 Å². The molecule has 2 rings (SSSR count). The Morgan fingerprint density at radius 2 is 2.24 bits per heavy atom. The molecule has 0 aliphatic heterocycles. The standard InChI is InChI=1S/C13H18N4/c1-3-15-12(13-6-8-16-17(13)2)9-11-5-4-7-14-10-11/h4-8,10,12,15H,3,9H2,1-2H3. The second-order valence-corrected chi connectivity index (χ2v) is 4.06. The van der Waals surface area contributed by atoms with Crippen LogP contribution in [0.4, 0.5) is 0 Å². The van der Waals surface area contributed by atoms with Gasteiger partial charge in [0, 0.05) is 25.6 Å². The van der Waals surface area contributed by atoms with E-state index in [-0.39, 0.29) is 6.04 Å². The SMILES string of the molecule is CCNC(Cc1cccnc1)c1ccnn1C. The van der Waals surface area contributed by atoms with Gasteiger partial charge in [0.05, 0.1) is 11.7 Å². The van der Waals surface area contributed by atoms with E-state index in [1.807, 2.05) is 30.2 Å². The predicted octanol–water partition coefficient (Wildman–Crippen LogP) is 1.71. The van der Waals surface area contributed by atoms with Crippen molar-refractivity contribution >= 4 is 0 Å². The van der Waals surface area contributed by atoms with Crippen LogP contribution in [-0.2, 0) is 13.5 Å². The van der Waals surface area contributed by atoms with Crippen LogP contribution in [0.2, 0.25) is 0 Å². The van der Waals surface area contributed by atoms with Gasteiger partial charge in [-0.05, 0) is 30.7 Å². The van der Waals surface area contributed by atoms with E-state index in [1.165, 1.54) is 11.3 Å². The summed E-state index contributed by atoms with van der Waals surface area (Å²) < 4.78 is 1.92. The molecule has 90 valence electrons. The molecule has 17 heavy (non-hydrogen) atoms. The molecule has 4 nitrogen and oxygen atoms in total. The van der Waals surface area contributed by atoms with Crippen molar-refractivity contribution in [2.45, 2.75) is 19.4 Å². The molecule has 0 aliphatic carbocycles. The quantitative estimate of drug-likeness (QED) is 0.850. The molecule has 0 aromatic carbocycles. The second kappa shape index (κ2) is 5.59. The highest BCUT2D eigenvalue weighted by Crippen LogP contribution is 2.16. The molecule has 0 saturated heterocycles. The fourth-order valence-electron chi connectivity index (χ4n) is 2.01. The fourth-order valence-corrected chi connectivity index (χ4v) is 2.01. The van der Waals surface area contributed by atoms with Gasteiger partial charge in [-0.25, -0.2) is 0 Å². The number of aromatic nitrogens is 3. The maximum atomic E-state index is 4.22. The maximum Gasteiger partial charge on any atom is 0.0553 e. The zero-order valence-corrected chi connectivity index (χ0v) is 10.3. The van der Waals surface area contributed by atoms with Gasteiger partial charge in [0.2, 0.25) is 0 Å². The second-order valence-electron chi connectivity index (χ2n) is 4.06. The number of nitrogens with one attached hydrogen (secondary N) is 1. The van der Waals surface area contributed by atoms with Crippen LogP contribution in [-0.4, -0.2) is 21.3 Å². The van der Waals surface area contributed by atoms with E-state index in [1.54, 1.807) is 6.20 Å². The van der Waals surface area contributed by atoms with Gasteiger partial charge in [0.25, 0.3) is 0 Å². The molecule has 1 N–H and O–H groups in total. The van der Waals surface area contributed by atoms with Gasteiger partial charge >= 0.3 is 0 Å². The number of rotatable bonds is 5.